The Morgan fingerprint density at radius 2 is 2.37 bits per heavy atom. The van der Waals surface area contributed by atoms with Crippen molar-refractivity contribution in [3.05, 3.63) is 52.3 Å². The van der Waals surface area contributed by atoms with Gasteiger partial charge in [-0.1, -0.05) is 11.6 Å². The predicted molar refractivity (Wildman–Crippen MR) is 76.6 cm³/mol. The number of thiazole rings is 1. The van der Waals surface area contributed by atoms with Gasteiger partial charge in [0.2, 0.25) is 0 Å². The Kier molecular flexibility index (Phi) is 3.11. The van der Waals surface area contributed by atoms with Crippen LogP contribution in [0.3, 0.4) is 0 Å². The lowest BCUT2D eigenvalue weighted by Gasteiger charge is -2.05. The smallest absolute Gasteiger partial charge is 0.193 e. The summed E-state index contributed by atoms with van der Waals surface area (Å²) in [6.45, 7) is 0.622. The van der Waals surface area contributed by atoms with Gasteiger partial charge in [0.15, 0.2) is 4.96 Å². The molecule has 1 N–H and O–H groups in total. The molecule has 19 heavy (non-hydrogen) atoms. The van der Waals surface area contributed by atoms with Crippen LogP contribution in [0.2, 0.25) is 5.02 Å². The van der Waals surface area contributed by atoms with E-state index in [0.717, 1.165) is 16.3 Å². The highest BCUT2D eigenvalue weighted by molar-refractivity contribution is 7.15. The molecule has 0 saturated heterocycles. The monoisotopic (exact) mass is 288 g/mol. The summed E-state index contributed by atoms with van der Waals surface area (Å²) in [5.74, 6) is 0. The average Bonchev–Trinajstić information content (AvgIpc) is 2.97. The molecule has 2 heterocycles. The fourth-order valence-corrected chi connectivity index (χ4v) is 2.71. The largest absolute Gasteiger partial charge is 0.379 e. The van der Waals surface area contributed by atoms with E-state index in [9.17, 15) is 0 Å². The van der Waals surface area contributed by atoms with Crippen LogP contribution in [-0.2, 0) is 6.54 Å². The van der Waals surface area contributed by atoms with E-state index in [2.05, 4.69) is 10.3 Å². The molecule has 4 nitrogen and oxygen atoms in total. The number of rotatable bonds is 3. The summed E-state index contributed by atoms with van der Waals surface area (Å²) in [6.07, 6.45) is 3.97. The Morgan fingerprint density at radius 1 is 1.47 bits per heavy atom. The maximum absolute atomic E-state index is 8.81. The molecule has 1 aromatic carbocycles. The molecule has 0 atom stereocenters. The fourth-order valence-electron chi connectivity index (χ4n) is 1.77. The first-order chi connectivity index (χ1) is 9.26. The first kappa shape index (κ1) is 12.0. The van der Waals surface area contributed by atoms with Crippen molar-refractivity contribution in [1.82, 2.24) is 9.38 Å². The van der Waals surface area contributed by atoms with Gasteiger partial charge in [0.1, 0.15) is 6.07 Å². The molecule has 0 bridgehead atoms. The molecule has 3 aromatic rings. The van der Waals surface area contributed by atoms with Gasteiger partial charge in [0.25, 0.3) is 0 Å². The maximum Gasteiger partial charge on any atom is 0.193 e. The lowest BCUT2D eigenvalue weighted by atomic mass is 10.2. The number of nitrogens with zero attached hydrogens (tertiary/aromatic N) is 3. The van der Waals surface area contributed by atoms with Crippen LogP contribution in [0.1, 0.15) is 11.3 Å². The molecule has 3 rings (SSSR count). The number of benzene rings is 1. The van der Waals surface area contributed by atoms with Crippen LogP contribution in [-0.4, -0.2) is 9.38 Å². The number of hydrogen-bond acceptors (Lipinski definition) is 4. The van der Waals surface area contributed by atoms with E-state index in [4.69, 9.17) is 16.9 Å². The van der Waals surface area contributed by atoms with Gasteiger partial charge in [-0.2, -0.15) is 5.26 Å². The van der Waals surface area contributed by atoms with Crippen LogP contribution < -0.4 is 5.32 Å². The highest BCUT2D eigenvalue weighted by Gasteiger charge is 2.04. The number of aromatic nitrogens is 2. The van der Waals surface area contributed by atoms with Crippen molar-refractivity contribution in [2.24, 2.45) is 0 Å². The fraction of sp³-hybridized carbons (Fsp3) is 0.0769. The van der Waals surface area contributed by atoms with Gasteiger partial charge in [-0.05, 0) is 18.2 Å². The van der Waals surface area contributed by atoms with Gasteiger partial charge in [0.05, 0.1) is 22.8 Å². The van der Waals surface area contributed by atoms with E-state index >= 15 is 0 Å². The molecular formula is C13H9ClN4S. The number of imidazole rings is 1. The molecule has 0 aliphatic heterocycles. The molecule has 0 amide bonds. The molecule has 0 radical (unpaired) electrons. The standard InChI is InChI=1S/C13H9ClN4S/c14-12-5-10(2-1-9(12)6-15)16-7-11-8-18-3-4-19-13(18)17-11/h1-5,8,16H,7H2. The van der Waals surface area contributed by atoms with Gasteiger partial charge in [-0.25, -0.2) is 4.98 Å². The second-order valence-corrected chi connectivity index (χ2v) is 5.27. The number of nitriles is 1. The third kappa shape index (κ3) is 2.41. The summed E-state index contributed by atoms with van der Waals surface area (Å²) in [5, 5.41) is 14.5. The topological polar surface area (TPSA) is 53.1 Å². The van der Waals surface area contributed by atoms with Crippen LogP contribution in [0.25, 0.3) is 4.96 Å². The first-order valence-electron chi connectivity index (χ1n) is 5.61. The van der Waals surface area contributed by atoms with E-state index in [-0.39, 0.29) is 0 Å². The van der Waals surface area contributed by atoms with Crippen LogP contribution in [0.4, 0.5) is 5.69 Å². The van der Waals surface area contributed by atoms with Crippen molar-refractivity contribution in [2.75, 3.05) is 5.32 Å². The molecule has 2 aromatic heterocycles. The zero-order valence-corrected chi connectivity index (χ0v) is 11.4. The molecule has 0 spiro atoms. The quantitative estimate of drug-likeness (QED) is 0.802. The molecule has 0 aliphatic rings. The summed E-state index contributed by atoms with van der Waals surface area (Å²) >= 11 is 7.58. The SMILES string of the molecule is N#Cc1ccc(NCc2cn3ccsc3n2)cc1Cl. The Bertz CT molecular complexity index is 740. The van der Waals surface area contributed by atoms with Crippen molar-refractivity contribution in [2.45, 2.75) is 6.54 Å². The van der Waals surface area contributed by atoms with Crippen LogP contribution in [0, 0.1) is 11.3 Å². The lowest BCUT2D eigenvalue weighted by Crippen LogP contribution is -1.99. The van der Waals surface area contributed by atoms with E-state index in [1.807, 2.05) is 34.3 Å². The van der Waals surface area contributed by atoms with Gasteiger partial charge in [-0.15, -0.1) is 11.3 Å². The van der Waals surface area contributed by atoms with Crippen molar-refractivity contribution in [3.8, 4) is 6.07 Å². The zero-order chi connectivity index (χ0) is 13.2. The number of nitrogens with one attached hydrogen (secondary N) is 1. The van der Waals surface area contributed by atoms with Gasteiger partial charge in [0, 0.05) is 23.5 Å². The molecular weight excluding hydrogens is 280 g/mol. The van der Waals surface area contributed by atoms with E-state index in [1.165, 1.54) is 0 Å². The van der Waals surface area contributed by atoms with E-state index < -0.39 is 0 Å². The minimum absolute atomic E-state index is 0.457. The van der Waals surface area contributed by atoms with Gasteiger partial charge >= 0.3 is 0 Å². The Morgan fingerprint density at radius 3 is 3.11 bits per heavy atom. The highest BCUT2D eigenvalue weighted by atomic mass is 35.5. The Balaban J connectivity index is 1.74. The number of anilines is 1. The lowest BCUT2D eigenvalue weighted by molar-refractivity contribution is 1.08. The maximum atomic E-state index is 8.81. The summed E-state index contributed by atoms with van der Waals surface area (Å²) in [6, 6.07) is 7.33. The van der Waals surface area contributed by atoms with Crippen molar-refractivity contribution >= 4 is 33.6 Å². The summed E-state index contributed by atoms with van der Waals surface area (Å²) in [7, 11) is 0. The normalized spacial score (nSPS) is 10.5. The van der Waals surface area contributed by atoms with Gasteiger partial charge in [-0.3, -0.25) is 4.40 Å². The van der Waals surface area contributed by atoms with Crippen molar-refractivity contribution in [1.29, 1.82) is 5.26 Å². The molecule has 94 valence electrons. The second kappa shape index (κ2) is 4.92. The number of fused-ring (bicyclic) bond motifs is 1. The van der Waals surface area contributed by atoms with Crippen LogP contribution in [0.5, 0.6) is 0 Å². The average molecular weight is 289 g/mol. The minimum Gasteiger partial charge on any atom is -0.379 e. The molecule has 0 unspecified atom stereocenters. The third-order valence-corrected chi connectivity index (χ3v) is 3.79. The summed E-state index contributed by atoms with van der Waals surface area (Å²) < 4.78 is 1.99. The van der Waals surface area contributed by atoms with E-state index in [1.54, 1.807) is 23.5 Å². The molecule has 0 fully saturated rings. The van der Waals surface area contributed by atoms with Crippen molar-refractivity contribution in [3.63, 3.8) is 0 Å². The second-order valence-electron chi connectivity index (χ2n) is 3.99. The minimum atomic E-state index is 0.457. The number of hydrogen-bond donors (Lipinski definition) is 1. The third-order valence-electron chi connectivity index (χ3n) is 2.71. The van der Waals surface area contributed by atoms with E-state index in [0.29, 0.717) is 17.1 Å². The molecule has 0 aliphatic carbocycles. The highest BCUT2D eigenvalue weighted by Crippen LogP contribution is 2.21. The summed E-state index contributed by atoms with van der Waals surface area (Å²) in [4.78, 5) is 5.46. The van der Waals surface area contributed by atoms with Gasteiger partial charge < -0.3 is 5.32 Å². The van der Waals surface area contributed by atoms with Crippen molar-refractivity contribution < 1.29 is 0 Å². The number of halogens is 1. The molecule has 6 heteroatoms. The zero-order valence-electron chi connectivity index (χ0n) is 9.80. The first-order valence-corrected chi connectivity index (χ1v) is 6.86. The van der Waals surface area contributed by atoms with Crippen LogP contribution >= 0.6 is 22.9 Å². The Labute approximate surface area is 118 Å². The molecule has 0 saturated carbocycles. The Hall–Kier alpha value is -2.03. The summed E-state index contributed by atoms with van der Waals surface area (Å²) in [5.41, 5.74) is 2.32. The predicted octanol–water partition coefficient (Wildman–Crippen LogP) is 3.53. The van der Waals surface area contributed by atoms with Crippen LogP contribution in [0.15, 0.2) is 36.0 Å².